The van der Waals surface area contributed by atoms with Crippen LogP contribution >= 0.6 is 0 Å². The van der Waals surface area contributed by atoms with Crippen molar-refractivity contribution in [1.82, 2.24) is 15.1 Å². The molecule has 1 aliphatic carbocycles. The zero-order valence-corrected chi connectivity index (χ0v) is 14.1. The SMILES string of the molecule is CCCC1CCC(NC)C(CN2CCN(C)CC2C)C1. The Hall–Kier alpha value is -0.120. The summed E-state index contributed by atoms with van der Waals surface area (Å²) in [7, 11) is 4.41. The topological polar surface area (TPSA) is 18.5 Å². The fourth-order valence-electron chi connectivity index (χ4n) is 4.36. The molecule has 0 aromatic carbocycles. The monoisotopic (exact) mass is 281 g/mol. The summed E-state index contributed by atoms with van der Waals surface area (Å²) in [6, 6.07) is 1.47. The van der Waals surface area contributed by atoms with E-state index in [2.05, 4.69) is 43.1 Å². The third-order valence-electron chi connectivity index (χ3n) is 5.60. The second-order valence-corrected chi connectivity index (χ2v) is 7.23. The summed E-state index contributed by atoms with van der Waals surface area (Å²) < 4.78 is 0. The van der Waals surface area contributed by atoms with Gasteiger partial charge in [0.1, 0.15) is 0 Å². The molecule has 118 valence electrons. The van der Waals surface area contributed by atoms with Crippen LogP contribution < -0.4 is 5.32 Å². The quantitative estimate of drug-likeness (QED) is 0.835. The Kier molecular flexibility index (Phi) is 6.31. The third kappa shape index (κ3) is 4.19. The Labute approximate surface area is 126 Å². The van der Waals surface area contributed by atoms with Gasteiger partial charge in [-0.15, -0.1) is 0 Å². The molecule has 3 heteroatoms. The molecule has 20 heavy (non-hydrogen) atoms. The van der Waals surface area contributed by atoms with E-state index < -0.39 is 0 Å². The first-order chi connectivity index (χ1) is 9.63. The first kappa shape index (κ1) is 16.3. The summed E-state index contributed by atoms with van der Waals surface area (Å²) in [5.41, 5.74) is 0. The van der Waals surface area contributed by atoms with E-state index in [1.54, 1.807) is 0 Å². The number of rotatable bonds is 5. The van der Waals surface area contributed by atoms with Crippen molar-refractivity contribution < 1.29 is 0 Å². The van der Waals surface area contributed by atoms with Crippen molar-refractivity contribution >= 4 is 0 Å². The summed E-state index contributed by atoms with van der Waals surface area (Å²) in [5.74, 6) is 1.84. The smallest absolute Gasteiger partial charge is 0.0195 e. The average Bonchev–Trinajstić information content (AvgIpc) is 2.43. The maximum atomic E-state index is 3.59. The highest BCUT2D eigenvalue weighted by molar-refractivity contribution is 4.88. The molecule has 2 fully saturated rings. The van der Waals surface area contributed by atoms with Crippen molar-refractivity contribution in [3.05, 3.63) is 0 Å². The van der Waals surface area contributed by atoms with Crippen molar-refractivity contribution in [2.45, 2.75) is 58.0 Å². The molecule has 4 unspecified atom stereocenters. The standard InChI is InChI=1S/C17H35N3/c1-5-6-15-7-8-17(18-3)16(11-15)13-20-10-9-19(4)12-14(20)2/h14-18H,5-13H2,1-4H3. The molecule has 1 saturated carbocycles. The lowest BCUT2D eigenvalue weighted by atomic mass is 9.76. The van der Waals surface area contributed by atoms with E-state index in [9.17, 15) is 0 Å². The molecule has 2 rings (SSSR count). The summed E-state index contributed by atoms with van der Waals surface area (Å²) in [4.78, 5) is 5.21. The zero-order valence-electron chi connectivity index (χ0n) is 14.1. The summed E-state index contributed by atoms with van der Waals surface area (Å²) in [6.07, 6.45) is 7.05. The van der Waals surface area contributed by atoms with Crippen LogP contribution in [0.1, 0.15) is 46.0 Å². The van der Waals surface area contributed by atoms with Crippen LogP contribution in [0.3, 0.4) is 0 Å². The first-order valence-electron chi connectivity index (χ1n) is 8.73. The van der Waals surface area contributed by atoms with Gasteiger partial charge in [0, 0.05) is 38.3 Å². The molecule has 2 aliphatic rings. The van der Waals surface area contributed by atoms with E-state index >= 15 is 0 Å². The maximum Gasteiger partial charge on any atom is 0.0195 e. The lowest BCUT2D eigenvalue weighted by Crippen LogP contribution is -2.54. The number of nitrogens with zero attached hydrogens (tertiary/aromatic N) is 2. The van der Waals surface area contributed by atoms with Crippen LogP contribution in [0.2, 0.25) is 0 Å². The molecule has 4 atom stereocenters. The normalized spacial score (nSPS) is 37.2. The van der Waals surface area contributed by atoms with Gasteiger partial charge in [0.05, 0.1) is 0 Å². The molecule has 1 heterocycles. The van der Waals surface area contributed by atoms with Gasteiger partial charge in [0.15, 0.2) is 0 Å². The van der Waals surface area contributed by atoms with Crippen molar-refractivity contribution in [1.29, 1.82) is 0 Å². The molecular weight excluding hydrogens is 246 g/mol. The van der Waals surface area contributed by atoms with E-state index in [4.69, 9.17) is 0 Å². The molecule has 0 aromatic rings. The predicted octanol–water partition coefficient (Wildman–Crippen LogP) is 2.43. The molecule has 0 bridgehead atoms. The van der Waals surface area contributed by atoms with Gasteiger partial charge in [-0.2, -0.15) is 0 Å². The molecule has 1 saturated heterocycles. The Morgan fingerprint density at radius 1 is 1.20 bits per heavy atom. The second-order valence-electron chi connectivity index (χ2n) is 7.23. The molecule has 0 radical (unpaired) electrons. The minimum absolute atomic E-state index is 0.720. The van der Waals surface area contributed by atoms with Gasteiger partial charge in [-0.25, -0.2) is 0 Å². The van der Waals surface area contributed by atoms with Crippen LogP contribution in [-0.4, -0.2) is 62.2 Å². The van der Waals surface area contributed by atoms with E-state index in [-0.39, 0.29) is 0 Å². The van der Waals surface area contributed by atoms with Crippen molar-refractivity contribution in [2.24, 2.45) is 11.8 Å². The summed E-state index contributed by atoms with van der Waals surface area (Å²) >= 11 is 0. The van der Waals surface area contributed by atoms with Crippen LogP contribution in [0, 0.1) is 11.8 Å². The van der Waals surface area contributed by atoms with Gasteiger partial charge in [0.2, 0.25) is 0 Å². The molecule has 0 spiro atoms. The predicted molar refractivity (Wildman–Crippen MR) is 87.1 cm³/mol. The molecule has 1 N–H and O–H groups in total. The Bertz CT molecular complexity index is 281. The van der Waals surface area contributed by atoms with Crippen molar-refractivity contribution in [3.8, 4) is 0 Å². The number of piperazine rings is 1. The van der Waals surface area contributed by atoms with E-state index in [0.29, 0.717) is 0 Å². The van der Waals surface area contributed by atoms with Gasteiger partial charge in [0.25, 0.3) is 0 Å². The Balaban J connectivity index is 1.90. The molecule has 0 aromatic heterocycles. The minimum atomic E-state index is 0.720. The minimum Gasteiger partial charge on any atom is -0.317 e. The van der Waals surface area contributed by atoms with E-state index in [1.807, 2.05) is 0 Å². The Morgan fingerprint density at radius 3 is 2.65 bits per heavy atom. The highest BCUT2D eigenvalue weighted by Gasteiger charge is 2.32. The van der Waals surface area contributed by atoms with Crippen molar-refractivity contribution in [3.63, 3.8) is 0 Å². The fourth-order valence-corrected chi connectivity index (χ4v) is 4.36. The molecular formula is C17H35N3. The second kappa shape index (κ2) is 7.77. The van der Waals surface area contributed by atoms with Gasteiger partial charge >= 0.3 is 0 Å². The number of nitrogens with one attached hydrogen (secondary N) is 1. The average molecular weight is 281 g/mol. The van der Waals surface area contributed by atoms with E-state index in [1.165, 1.54) is 58.3 Å². The largest absolute Gasteiger partial charge is 0.317 e. The number of hydrogen-bond acceptors (Lipinski definition) is 3. The van der Waals surface area contributed by atoms with Crippen molar-refractivity contribution in [2.75, 3.05) is 40.3 Å². The first-order valence-corrected chi connectivity index (χ1v) is 8.73. The fraction of sp³-hybridized carbons (Fsp3) is 1.00. The lowest BCUT2D eigenvalue weighted by molar-refractivity contribution is 0.0617. The van der Waals surface area contributed by atoms with Gasteiger partial charge in [-0.05, 0) is 52.1 Å². The van der Waals surface area contributed by atoms with Crippen LogP contribution in [0.25, 0.3) is 0 Å². The third-order valence-corrected chi connectivity index (χ3v) is 5.60. The van der Waals surface area contributed by atoms with Gasteiger partial charge in [-0.1, -0.05) is 19.8 Å². The maximum absolute atomic E-state index is 3.59. The molecule has 0 amide bonds. The molecule has 1 aliphatic heterocycles. The summed E-state index contributed by atoms with van der Waals surface area (Å²) in [6.45, 7) is 9.76. The van der Waals surface area contributed by atoms with Crippen LogP contribution in [0.4, 0.5) is 0 Å². The van der Waals surface area contributed by atoms with E-state index in [0.717, 1.165) is 23.9 Å². The van der Waals surface area contributed by atoms with Crippen LogP contribution in [0.5, 0.6) is 0 Å². The van der Waals surface area contributed by atoms with Gasteiger partial charge in [-0.3, -0.25) is 4.90 Å². The highest BCUT2D eigenvalue weighted by Crippen LogP contribution is 2.33. The van der Waals surface area contributed by atoms with Gasteiger partial charge < -0.3 is 10.2 Å². The van der Waals surface area contributed by atoms with Crippen LogP contribution in [-0.2, 0) is 0 Å². The number of likely N-dealkylation sites (N-methyl/N-ethyl adjacent to an activating group) is 1. The number of hydrogen-bond donors (Lipinski definition) is 1. The highest BCUT2D eigenvalue weighted by atomic mass is 15.3. The zero-order chi connectivity index (χ0) is 14.5. The lowest BCUT2D eigenvalue weighted by Gasteiger charge is -2.43. The Morgan fingerprint density at radius 2 is 2.00 bits per heavy atom. The molecule has 3 nitrogen and oxygen atoms in total. The van der Waals surface area contributed by atoms with Crippen LogP contribution in [0.15, 0.2) is 0 Å². The summed E-state index contributed by atoms with van der Waals surface area (Å²) in [5, 5.41) is 3.59.